The molecule has 26 heavy (non-hydrogen) atoms. The van der Waals surface area contributed by atoms with Gasteiger partial charge in [0.25, 0.3) is 0 Å². The van der Waals surface area contributed by atoms with Crippen molar-refractivity contribution in [2.24, 2.45) is 5.92 Å². The lowest BCUT2D eigenvalue weighted by Crippen LogP contribution is -2.50. The van der Waals surface area contributed by atoms with Gasteiger partial charge in [0.15, 0.2) is 0 Å². The predicted molar refractivity (Wildman–Crippen MR) is 105 cm³/mol. The first kappa shape index (κ1) is 19.5. The van der Waals surface area contributed by atoms with Crippen molar-refractivity contribution in [1.29, 1.82) is 0 Å². The van der Waals surface area contributed by atoms with Crippen LogP contribution >= 0.6 is 34.8 Å². The number of benzene rings is 1. The monoisotopic (exact) mass is 414 g/mol. The average molecular weight is 416 g/mol. The van der Waals surface area contributed by atoms with Gasteiger partial charge in [0.05, 0.1) is 23.7 Å². The normalized spacial score (nSPS) is 16.7. The Labute approximate surface area is 168 Å². The van der Waals surface area contributed by atoms with E-state index in [2.05, 4.69) is 10.00 Å². The lowest BCUT2D eigenvalue weighted by molar-refractivity contribution is -0.137. The summed E-state index contributed by atoms with van der Waals surface area (Å²) in [6, 6.07) is 5.55. The summed E-state index contributed by atoms with van der Waals surface area (Å²) in [7, 11) is 0. The number of hydrogen-bond donors (Lipinski definition) is 0. The van der Waals surface area contributed by atoms with Crippen molar-refractivity contribution < 1.29 is 4.79 Å². The molecule has 140 valence electrons. The fourth-order valence-corrected chi connectivity index (χ4v) is 3.82. The van der Waals surface area contributed by atoms with Crippen LogP contribution in [0.5, 0.6) is 0 Å². The van der Waals surface area contributed by atoms with Crippen LogP contribution in [0.25, 0.3) is 0 Å². The fraction of sp³-hybridized carbons (Fsp3) is 0.444. The van der Waals surface area contributed by atoms with Gasteiger partial charge in [-0.1, -0.05) is 47.8 Å². The van der Waals surface area contributed by atoms with E-state index in [-0.39, 0.29) is 11.8 Å². The van der Waals surface area contributed by atoms with Crippen LogP contribution in [0.15, 0.2) is 30.6 Å². The topological polar surface area (TPSA) is 41.4 Å². The molecule has 0 radical (unpaired) electrons. The number of rotatable bonds is 5. The number of hydrogen-bond acceptors (Lipinski definition) is 3. The average Bonchev–Trinajstić information content (AvgIpc) is 3.03. The Hall–Kier alpha value is -1.27. The molecule has 0 N–H and O–H groups in total. The lowest BCUT2D eigenvalue weighted by atomic mass is 10.1. The van der Waals surface area contributed by atoms with E-state index in [0.29, 0.717) is 41.2 Å². The van der Waals surface area contributed by atoms with Gasteiger partial charge in [-0.15, -0.1) is 0 Å². The zero-order valence-corrected chi connectivity index (χ0v) is 16.8. The van der Waals surface area contributed by atoms with Gasteiger partial charge in [-0.2, -0.15) is 5.10 Å². The van der Waals surface area contributed by atoms with Crippen LogP contribution in [0, 0.1) is 5.92 Å². The molecule has 1 aliphatic rings. The van der Waals surface area contributed by atoms with E-state index >= 15 is 0 Å². The summed E-state index contributed by atoms with van der Waals surface area (Å²) in [6.07, 6.45) is 3.31. The smallest absolute Gasteiger partial charge is 0.227 e. The van der Waals surface area contributed by atoms with Crippen LogP contribution in [-0.2, 0) is 17.9 Å². The Morgan fingerprint density at radius 2 is 1.81 bits per heavy atom. The summed E-state index contributed by atoms with van der Waals surface area (Å²) in [5.74, 6) is 0.00239. The molecule has 0 saturated carbocycles. The van der Waals surface area contributed by atoms with Gasteiger partial charge in [0, 0.05) is 54.5 Å². The molecule has 1 saturated heterocycles. The van der Waals surface area contributed by atoms with Crippen molar-refractivity contribution in [3.8, 4) is 0 Å². The van der Waals surface area contributed by atoms with Crippen molar-refractivity contribution in [2.75, 3.05) is 26.2 Å². The SMILES string of the molecule is CC(Cn1cc(Cl)cn1)C(=O)N1CCN(Cc2c(Cl)cccc2Cl)CC1. The van der Waals surface area contributed by atoms with Gasteiger partial charge in [0.1, 0.15) is 0 Å². The summed E-state index contributed by atoms with van der Waals surface area (Å²) in [5.41, 5.74) is 0.944. The predicted octanol–water partition coefficient (Wildman–Crippen LogP) is 3.82. The molecule has 8 heteroatoms. The van der Waals surface area contributed by atoms with Crippen LogP contribution in [0.2, 0.25) is 15.1 Å². The maximum Gasteiger partial charge on any atom is 0.227 e. The highest BCUT2D eigenvalue weighted by Gasteiger charge is 2.25. The molecule has 1 unspecified atom stereocenters. The van der Waals surface area contributed by atoms with Crippen molar-refractivity contribution in [3.05, 3.63) is 51.2 Å². The van der Waals surface area contributed by atoms with Gasteiger partial charge in [-0.25, -0.2) is 0 Å². The molecule has 2 aromatic rings. The highest BCUT2D eigenvalue weighted by atomic mass is 35.5. The standard InChI is InChI=1S/C18H21Cl3N4O/c1-13(10-25-11-14(19)9-22-25)18(26)24-7-5-23(6-8-24)12-15-16(20)3-2-4-17(15)21/h2-4,9,11,13H,5-8,10,12H2,1H3. The minimum Gasteiger partial charge on any atom is -0.340 e. The van der Waals surface area contributed by atoms with Crippen LogP contribution in [0.3, 0.4) is 0 Å². The molecule has 0 spiro atoms. The first-order valence-corrected chi connectivity index (χ1v) is 9.69. The summed E-state index contributed by atoms with van der Waals surface area (Å²) < 4.78 is 1.71. The molecule has 1 aromatic heterocycles. The van der Waals surface area contributed by atoms with Crippen molar-refractivity contribution in [2.45, 2.75) is 20.0 Å². The number of carbonyl (C=O) groups is 1. The van der Waals surface area contributed by atoms with Crippen LogP contribution in [0.1, 0.15) is 12.5 Å². The second-order valence-electron chi connectivity index (χ2n) is 6.58. The molecule has 0 aliphatic carbocycles. The second-order valence-corrected chi connectivity index (χ2v) is 7.83. The largest absolute Gasteiger partial charge is 0.340 e. The summed E-state index contributed by atoms with van der Waals surface area (Å²) in [4.78, 5) is 16.9. The van der Waals surface area contributed by atoms with E-state index in [9.17, 15) is 4.79 Å². The highest BCUT2D eigenvalue weighted by molar-refractivity contribution is 6.36. The van der Waals surface area contributed by atoms with Crippen molar-refractivity contribution >= 4 is 40.7 Å². The molecule has 1 fully saturated rings. The Kier molecular flexibility index (Phi) is 6.46. The van der Waals surface area contributed by atoms with Gasteiger partial charge in [0.2, 0.25) is 5.91 Å². The van der Waals surface area contributed by atoms with E-state index < -0.39 is 0 Å². The highest BCUT2D eigenvalue weighted by Crippen LogP contribution is 2.26. The molecule has 2 heterocycles. The number of halogens is 3. The third kappa shape index (κ3) is 4.71. The van der Waals surface area contributed by atoms with Crippen LogP contribution < -0.4 is 0 Å². The maximum absolute atomic E-state index is 12.7. The van der Waals surface area contributed by atoms with Crippen molar-refractivity contribution in [1.82, 2.24) is 19.6 Å². The molecule has 0 bridgehead atoms. The molecular weight excluding hydrogens is 395 g/mol. The minimum absolute atomic E-state index is 0.143. The zero-order valence-electron chi connectivity index (χ0n) is 14.5. The third-order valence-electron chi connectivity index (χ3n) is 4.61. The van der Waals surface area contributed by atoms with E-state index in [0.717, 1.165) is 18.7 Å². The number of carbonyl (C=O) groups excluding carboxylic acids is 1. The molecule has 5 nitrogen and oxygen atoms in total. The Morgan fingerprint density at radius 1 is 1.15 bits per heavy atom. The molecular formula is C18H21Cl3N4O. The quantitative estimate of drug-likeness (QED) is 0.745. The Bertz CT molecular complexity index is 751. The van der Waals surface area contributed by atoms with Crippen molar-refractivity contribution in [3.63, 3.8) is 0 Å². The Balaban J connectivity index is 1.52. The summed E-state index contributed by atoms with van der Waals surface area (Å²) in [5, 5.41) is 6.09. The minimum atomic E-state index is -0.143. The van der Waals surface area contributed by atoms with E-state index in [4.69, 9.17) is 34.8 Å². The molecule has 1 aliphatic heterocycles. The van der Waals surface area contributed by atoms with Gasteiger partial charge in [-0.05, 0) is 12.1 Å². The number of amides is 1. The first-order chi connectivity index (χ1) is 12.4. The third-order valence-corrected chi connectivity index (χ3v) is 5.51. The number of piperazine rings is 1. The van der Waals surface area contributed by atoms with E-state index in [1.165, 1.54) is 0 Å². The summed E-state index contributed by atoms with van der Waals surface area (Å²) >= 11 is 18.4. The van der Waals surface area contributed by atoms with Gasteiger partial charge < -0.3 is 4.90 Å². The van der Waals surface area contributed by atoms with Crippen LogP contribution in [-0.4, -0.2) is 51.7 Å². The molecule has 1 amide bonds. The lowest BCUT2D eigenvalue weighted by Gasteiger charge is -2.36. The number of aromatic nitrogens is 2. The van der Waals surface area contributed by atoms with E-state index in [1.54, 1.807) is 17.1 Å². The number of nitrogens with zero attached hydrogens (tertiary/aromatic N) is 4. The van der Waals surface area contributed by atoms with Gasteiger partial charge in [-0.3, -0.25) is 14.4 Å². The first-order valence-electron chi connectivity index (χ1n) is 8.56. The van der Waals surface area contributed by atoms with Gasteiger partial charge >= 0.3 is 0 Å². The molecule has 1 aromatic carbocycles. The molecule has 1 atom stereocenters. The maximum atomic E-state index is 12.7. The van der Waals surface area contributed by atoms with Crippen LogP contribution in [0.4, 0.5) is 0 Å². The second kappa shape index (κ2) is 8.61. The molecule has 3 rings (SSSR count). The van der Waals surface area contributed by atoms with E-state index in [1.807, 2.05) is 30.0 Å². The fourth-order valence-electron chi connectivity index (χ4n) is 3.14. The Morgan fingerprint density at radius 3 is 2.38 bits per heavy atom. The zero-order chi connectivity index (χ0) is 18.7. The summed E-state index contributed by atoms with van der Waals surface area (Å²) in [6.45, 7) is 6.15.